The van der Waals surface area contributed by atoms with Crippen LogP contribution in [0.2, 0.25) is 0 Å². The third-order valence-corrected chi connectivity index (χ3v) is 4.15. The SMILES string of the molecule is CCOc1ccc(-c2nsc(NC(=O)COc3ccccc3OC)n2)cc1. The van der Waals surface area contributed by atoms with E-state index in [1.165, 1.54) is 0 Å². The Bertz CT molecular complexity index is 896. The Morgan fingerprint density at radius 1 is 1.07 bits per heavy atom. The molecule has 0 fully saturated rings. The maximum atomic E-state index is 12.1. The molecule has 8 heteroatoms. The zero-order valence-electron chi connectivity index (χ0n) is 15.0. The molecule has 1 N–H and O–H groups in total. The lowest BCUT2D eigenvalue weighted by Gasteiger charge is -2.09. The fourth-order valence-electron chi connectivity index (χ4n) is 2.30. The fourth-order valence-corrected chi connectivity index (χ4v) is 2.90. The molecule has 0 aliphatic heterocycles. The number of carbonyl (C=O) groups is 1. The molecule has 1 heterocycles. The quantitative estimate of drug-likeness (QED) is 0.638. The lowest BCUT2D eigenvalue weighted by molar-refractivity contribution is -0.118. The van der Waals surface area contributed by atoms with E-state index >= 15 is 0 Å². The molecular formula is C19H19N3O4S. The van der Waals surface area contributed by atoms with Gasteiger partial charge in [0, 0.05) is 17.1 Å². The number of anilines is 1. The minimum Gasteiger partial charge on any atom is -0.494 e. The predicted molar refractivity (Wildman–Crippen MR) is 104 cm³/mol. The molecule has 0 unspecified atom stereocenters. The summed E-state index contributed by atoms with van der Waals surface area (Å²) in [6.07, 6.45) is 0. The van der Waals surface area contributed by atoms with Crippen molar-refractivity contribution in [2.45, 2.75) is 6.92 Å². The summed E-state index contributed by atoms with van der Waals surface area (Å²) >= 11 is 1.11. The highest BCUT2D eigenvalue weighted by Gasteiger charge is 2.11. The Balaban J connectivity index is 1.57. The topological polar surface area (TPSA) is 82.6 Å². The number of hydrogen-bond donors (Lipinski definition) is 1. The van der Waals surface area contributed by atoms with Crippen molar-refractivity contribution in [1.29, 1.82) is 0 Å². The first-order valence-corrected chi connectivity index (χ1v) is 9.09. The van der Waals surface area contributed by atoms with Crippen LogP contribution in [0, 0.1) is 0 Å². The summed E-state index contributed by atoms with van der Waals surface area (Å²) in [5, 5.41) is 3.10. The molecule has 0 saturated heterocycles. The van der Waals surface area contributed by atoms with Crippen molar-refractivity contribution in [3.8, 4) is 28.6 Å². The normalized spacial score (nSPS) is 10.3. The van der Waals surface area contributed by atoms with Gasteiger partial charge >= 0.3 is 0 Å². The number of nitrogens with zero attached hydrogens (tertiary/aromatic N) is 2. The van der Waals surface area contributed by atoms with E-state index in [0.717, 1.165) is 22.8 Å². The number of methoxy groups -OCH3 is 1. The lowest BCUT2D eigenvalue weighted by atomic mass is 10.2. The van der Waals surface area contributed by atoms with Gasteiger partial charge < -0.3 is 14.2 Å². The molecule has 0 bridgehead atoms. The zero-order valence-corrected chi connectivity index (χ0v) is 15.8. The van der Waals surface area contributed by atoms with Gasteiger partial charge in [0.1, 0.15) is 5.75 Å². The fraction of sp³-hybridized carbons (Fsp3) is 0.211. The van der Waals surface area contributed by atoms with Crippen molar-refractivity contribution in [1.82, 2.24) is 9.36 Å². The number of nitrogens with one attached hydrogen (secondary N) is 1. The van der Waals surface area contributed by atoms with Crippen LogP contribution in [0.25, 0.3) is 11.4 Å². The first-order valence-electron chi connectivity index (χ1n) is 8.32. The number of aromatic nitrogens is 2. The Morgan fingerprint density at radius 3 is 2.52 bits per heavy atom. The van der Waals surface area contributed by atoms with Gasteiger partial charge in [-0.3, -0.25) is 10.1 Å². The van der Waals surface area contributed by atoms with Crippen LogP contribution in [0.1, 0.15) is 6.92 Å². The lowest BCUT2D eigenvalue weighted by Crippen LogP contribution is -2.20. The molecule has 3 aromatic rings. The summed E-state index contributed by atoms with van der Waals surface area (Å²) in [4.78, 5) is 16.4. The highest BCUT2D eigenvalue weighted by molar-refractivity contribution is 7.10. The van der Waals surface area contributed by atoms with E-state index in [1.54, 1.807) is 19.2 Å². The van der Waals surface area contributed by atoms with Crippen LogP contribution in [0.3, 0.4) is 0 Å². The maximum Gasteiger partial charge on any atom is 0.264 e. The van der Waals surface area contributed by atoms with Crippen LogP contribution >= 0.6 is 11.5 Å². The van der Waals surface area contributed by atoms with Gasteiger partial charge in [0.15, 0.2) is 23.9 Å². The number of carbonyl (C=O) groups excluding carboxylic acids is 1. The monoisotopic (exact) mass is 385 g/mol. The summed E-state index contributed by atoms with van der Waals surface area (Å²) in [7, 11) is 1.55. The van der Waals surface area contributed by atoms with E-state index < -0.39 is 0 Å². The van der Waals surface area contributed by atoms with Gasteiger partial charge in [-0.1, -0.05) is 12.1 Å². The van der Waals surface area contributed by atoms with Gasteiger partial charge in [-0.05, 0) is 43.3 Å². The van der Waals surface area contributed by atoms with Crippen LogP contribution < -0.4 is 19.5 Å². The van der Waals surface area contributed by atoms with Gasteiger partial charge in [-0.15, -0.1) is 0 Å². The summed E-state index contributed by atoms with van der Waals surface area (Å²) in [6.45, 7) is 2.39. The third-order valence-electron chi connectivity index (χ3n) is 3.52. The summed E-state index contributed by atoms with van der Waals surface area (Å²) < 4.78 is 20.4. The van der Waals surface area contributed by atoms with Crippen LogP contribution in [0.15, 0.2) is 48.5 Å². The Hall–Kier alpha value is -3.13. The average molecular weight is 385 g/mol. The molecule has 0 spiro atoms. The number of rotatable bonds is 8. The highest BCUT2D eigenvalue weighted by Crippen LogP contribution is 2.26. The van der Waals surface area contributed by atoms with Gasteiger partial charge in [-0.2, -0.15) is 9.36 Å². The van der Waals surface area contributed by atoms with Crippen molar-refractivity contribution in [3.05, 3.63) is 48.5 Å². The number of para-hydroxylation sites is 2. The molecule has 1 amide bonds. The van der Waals surface area contributed by atoms with Crippen molar-refractivity contribution in [3.63, 3.8) is 0 Å². The number of ether oxygens (including phenoxy) is 3. The third kappa shape index (κ3) is 4.95. The summed E-state index contributed by atoms with van der Waals surface area (Å²) in [5.41, 5.74) is 0.848. The molecule has 0 aliphatic rings. The van der Waals surface area contributed by atoms with Crippen LogP contribution in [0.4, 0.5) is 5.13 Å². The predicted octanol–water partition coefficient (Wildman–Crippen LogP) is 3.63. The molecule has 0 atom stereocenters. The number of benzene rings is 2. The van der Waals surface area contributed by atoms with E-state index in [0.29, 0.717) is 29.1 Å². The molecule has 2 aromatic carbocycles. The second-order valence-electron chi connectivity index (χ2n) is 5.37. The molecule has 0 saturated carbocycles. The standard InChI is InChI=1S/C19H19N3O4S/c1-3-25-14-10-8-13(9-11-14)18-21-19(27-22-18)20-17(23)12-26-16-7-5-4-6-15(16)24-2/h4-11H,3,12H2,1-2H3,(H,20,21,22,23). The maximum absolute atomic E-state index is 12.1. The van der Waals surface area contributed by atoms with Crippen LogP contribution in [0.5, 0.6) is 17.2 Å². The molecule has 3 rings (SSSR count). The molecule has 0 aliphatic carbocycles. The smallest absolute Gasteiger partial charge is 0.264 e. The van der Waals surface area contributed by atoms with Gasteiger partial charge in [0.25, 0.3) is 5.91 Å². The van der Waals surface area contributed by atoms with E-state index in [2.05, 4.69) is 14.7 Å². The van der Waals surface area contributed by atoms with Gasteiger partial charge in [-0.25, -0.2) is 0 Å². The molecule has 27 heavy (non-hydrogen) atoms. The van der Waals surface area contributed by atoms with Crippen molar-refractivity contribution >= 4 is 22.6 Å². The first-order chi connectivity index (χ1) is 13.2. The summed E-state index contributed by atoms with van der Waals surface area (Å²) in [5.74, 6) is 2.08. The second-order valence-corrected chi connectivity index (χ2v) is 6.12. The van der Waals surface area contributed by atoms with Crippen molar-refractivity contribution in [2.24, 2.45) is 0 Å². The average Bonchev–Trinajstić information content (AvgIpc) is 3.16. The van der Waals surface area contributed by atoms with E-state index in [1.807, 2.05) is 43.3 Å². The first kappa shape index (κ1) is 18.7. The Morgan fingerprint density at radius 2 is 1.81 bits per heavy atom. The molecule has 1 aromatic heterocycles. The van der Waals surface area contributed by atoms with E-state index in [4.69, 9.17) is 14.2 Å². The number of amides is 1. The van der Waals surface area contributed by atoms with Gasteiger partial charge in [0.05, 0.1) is 13.7 Å². The minimum atomic E-state index is -0.324. The van der Waals surface area contributed by atoms with Crippen molar-refractivity contribution < 1.29 is 19.0 Å². The molecule has 140 valence electrons. The molecule has 7 nitrogen and oxygen atoms in total. The van der Waals surface area contributed by atoms with Gasteiger partial charge in [0.2, 0.25) is 5.13 Å². The number of hydrogen-bond acceptors (Lipinski definition) is 7. The van der Waals surface area contributed by atoms with E-state index in [9.17, 15) is 4.79 Å². The molecular weight excluding hydrogens is 366 g/mol. The zero-order chi connectivity index (χ0) is 19.1. The Kier molecular flexibility index (Phi) is 6.22. The van der Waals surface area contributed by atoms with Crippen LogP contribution in [-0.4, -0.2) is 35.6 Å². The minimum absolute atomic E-state index is 0.154. The largest absolute Gasteiger partial charge is 0.494 e. The summed E-state index contributed by atoms with van der Waals surface area (Å²) in [6, 6.07) is 14.6. The second kappa shape index (κ2) is 9.00. The van der Waals surface area contributed by atoms with Crippen molar-refractivity contribution in [2.75, 3.05) is 25.6 Å². The molecule has 0 radical (unpaired) electrons. The Labute approximate surface area is 161 Å². The van der Waals surface area contributed by atoms with E-state index in [-0.39, 0.29) is 12.5 Å². The highest BCUT2D eigenvalue weighted by atomic mass is 32.1. The van der Waals surface area contributed by atoms with Crippen LogP contribution in [-0.2, 0) is 4.79 Å².